The van der Waals surface area contributed by atoms with E-state index in [-0.39, 0.29) is 6.04 Å². The maximum Gasteiger partial charge on any atom is 0.132 e. The number of thiazole rings is 1. The molecule has 0 aliphatic heterocycles. The second kappa shape index (κ2) is 7.36. The summed E-state index contributed by atoms with van der Waals surface area (Å²) >= 11 is 1.75. The summed E-state index contributed by atoms with van der Waals surface area (Å²) in [6.45, 7) is 9.21. The SMILES string of the molecule is CCCNc1cc(NC(C)c2ncc(CC)s2)nc(C)n1. The smallest absolute Gasteiger partial charge is 0.132 e. The summed E-state index contributed by atoms with van der Waals surface area (Å²) in [5, 5.41) is 7.80. The summed E-state index contributed by atoms with van der Waals surface area (Å²) in [6, 6.07) is 2.09. The molecule has 0 saturated carbocycles. The minimum Gasteiger partial charge on any atom is -0.370 e. The molecule has 0 bridgehead atoms. The molecule has 1 atom stereocenters. The van der Waals surface area contributed by atoms with Crippen molar-refractivity contribution in [2.45, 2.75) is 46.6 Å². The summed E-state index contributed by atoms with van der Waals surface area (Å²) in [6.07, 6.45) is 4.06. The topological polar surface area (TPSA) is 62.7 Å². The summed E-state index contributed by atoms with van der Waals surface area (Å²) in [5.74, 6) is 2.47. The van der Waals surface area contributed by atoms with E-state index in [1.165, 1.54) is 4.88 Å². The molecule has 0 aromatic carbocycles. The van der Waals surface area contributed by atoms with E-state index in [1.807, 2.05) is 19.2 Å². The van der Waals surface area contributed by atoms with Gasteiger partial charge in [-0.2, -0.15) is 0 Å². The fourth-order valence-electron chi connectivity index (χ4n) is 1.96. The average Bonchev–Trinajstić information content (AvgIpc) is 2.93. The van der Waals surface area contributed by atoms with Gasteiger partial charge in [0.1, 0.15) is 22.5 Å². The van der Waals surface area contributed by atoms with E-state index in [9.17, 15) is 0 Å². The Labute approximate surface area is 130 Å². The first-order valence-electron chi connectivity index (χ1n) is 7.43. The molecule has 0 saturated heterocycles. The monoisotopic (exact) mass is 305 g/mol. The third-order valence-corrected chi connectivity index (χ3v) is 4.37. The lowest BCUT2D eigenvalue weighted by molar-refractivity contribution is 0.853. The van der Waals surface area contributed by atoms with Gasteiger partial charge in [-0.1, -0.05) is 13.8 Å². The standard InChI is InChI=1S/C15H23N5S/c1-5-7-16-13-8-14(20-11(4)19-13)18-10(3)15-17-9-12(6-2)21-15/h8-10H,5-7H2,1-4H3,(H2,16,18,19,20). The van der Waals surface area contributed by atoms with Crippen LogP contribution in [-0.4, -0.2) is 21.5 Å². The number of hydrogen-bond donors (Lipinski definition) is 2. The van der Waals surface area contributed by atoms with Crippen LogP contribution in [0.15, 0.2) is 12.3 Å². The van der Waals surface area contributed by atoms with Gasteiger partial charge in [0.25, 0.3) is 0 Å². The summed E-state index contributed by atoms with van der Waals surface area (Å²) < 4.78 is 0. The van der Waals surface area contributed by atoms with E-state index in [1.54, 1.807) is 11.3 Å². The Kier molecular flexibility index (Phi) is 5.50. The van der Waals surface area contributed by atoms with Crippen LogP contribution < -0.4 is 10.6 Å². The molecule has 2 aromatic rings. The predicted molar refractivity (Wildman–Crippen MR) is 89.1 cm³/mol. The molecule has 114 valence electrons. The van der Waals surface area contributed by atoms with Gasteiger partial charge in [0, 0.05) is 23.7 Å². The molecule has 0 fully saturated rings. The fourth-order valence-corrected chi connectivity index (χ4v) is 2.81. The summed E-state index contributed by atoms with van der Waals surface area (Å²) in [4.78, 5) is 14.6. The number of nitrogens with zero attached hydrogens (tertiary/aromatic N) is 3. The number of hydrogen-bond acceptors (Lipinski definition) is 6. The molecule has 6 heteroatoms. The van der Waals surface area contributed by atoms with Crippen LogP contribution in [0.25, 0.3) is 0 Å². The highest BCUT2D eigenvalue weighted by Gasteiger charge is 2.11. The zero-order valence-corrected chi connectivity index (χ0v) is 13.9. The molecule has 21 heavy (non-hydrogen) atoms. The highest BCUT2D eigenvalue weighted by molar-refractivity contribution is 7.11. The van der Waals surface area contributed by atoms with Gasteiger partial charge >= 0.3 is 0 Å². The summed E-state index contributed by atoms with van der Waals surface area (Å²) in [7, 11) is 0. The number of nitrogens with one attached hydrogen (secondary N) is 2. The third-order valence-electron chi connectivity index (χ3n) is 3.05. The number of anilines is 2. The number of aryl methyl sites for hydroxylation is 2. The van der Waals surface area contributed by atoms with Crippen molar-refractivity contribution in [1.29, 1.82) is 0 Å². The van der Waals surface area contributed by atoms with E-state index in [4.69, 9.17) is 0 Å². The molecule has 0 amide bonds. The molecule has 1 unspecified atom stereocenters. The van der Waals surface area contributed by atoms with Gasteiger partial charge in [0.2, 0.25) is 0 Å². The van der Waals surface area contributed by atoms with E-state index >= 15 is 0 Å². The van der Waals surface area contributed by atoms with Crippen LogP contribution in [0.1, 0.15) is 48.9 Å². The van der Waals surface area contributed by atoms with Crippen molar-refractivity contribution in [2.24, 2.45) is 0 Å². The van der Waals surface area contributed by atoms with Crippen LogP contribution in [-0.2, 0) is 6.42 Å². The summed E-state index contributed by atoms with van der Waals surface area (Å²) in [5.41, 5.74) is 0. The van der Waals surface area contributed by atoms with Crippen molar-refractivity contribution in [1.82, 2.24) is 15.0 Å². The van der Waals surface area contributed by atoms with Gasteiger partial charge in [-0.15, -0.1) is 11.3 Å². The lowest BCUT2D eigenvalue weighted by atomic mass is 10.3. The van der Waals surface area contributed by atoms with Crippen molar-refractivity contribution in [3.05, 3.63) is 28.0 Å². The van der Waals surface area contributed by atoms with Crippen molar-refractivity contribution in [3.8, 4) is 0 Å². The molecular weight excluding hydrogens is 282 g/mol. The van der Waals surface area contributed by atoms with Crippen molar-refractivity contribution in [2.75, 3.05) is 17.2 Å². The quantitative estimate of drug-likeness (QED) is 0.814. The maximum atomic E-state index is 4.47. The second-order valence-electron chi connectivity index (χ2n) is 5.00. The Morgan fingerprint density at radius 1 is 1.24 bits per heavy atom. The first-order chi connectivity index (χ1) is 10.1. The molecule has 0 aliphatic rings. The van der Waals surface area contributed by atoms with E-state index in [0.29, 0.717) is 0 Å². The van der Waals surface area contributed by atoms with E-state index in [0.717, 1.165) is 41.9 Å². The Bertz CT molecular complexity index is 581. The Morgan fingerprint density at radius 2 is 2.00 bits per heavy atom. The Hall–Kier alpha value is -1.69. The first kappa shape index (κ1) is 15.7. The fraction of sp³-hybridized carbons (Fsp3) is 0.533. The molecule has 0 spiro atoms. The van der Waals surface area contributed by atoms with Crippen LogP contribution in [0.5, 0.6) is 0 Å². The van der Waals surface area contributed by atoms with Gasteiger partial charge in [-0.05, 0) is 26.7 Å². The van der Waals surface area contributed by atoms with Crippen LogP contribution >= 0.6 is 11.3 Å². The van der Waals surface area contributed by atoms with Crippen LogP contribution in [0.4, 0.5) is 11.6 Å². The predicted octanol–water partition coefficient (Wildman–Crippen LogP) is 3.80. The highest BCUT2D eigenvalue weighted by atomic mass is 32.1. The molecule has 2 rings (SSSR count). The van der Waals surface area contributed by atoms with Crippen molar-refractivity contribution < 1.29 is 0 Å². The Balaban J connectivity index is 2.08. The average molecular weight is 305 g/mol. The van der Waals surface area contributed by atoms with E-state index in [2.05, 4.69) is 46.4 Å². The maximum absolute atomic E-state index is 4.47. The molecule has 2 heterocycles. The van der Waals surface area contributed by atoms with Gasteiger partial charge in [-0.25, -0.2) is 15.0 Å². The molecule has 0 radical (unpaired) electrons. The van der Waals surface area contributed by atoms with Gasteiger partial charge < -0.3 is 10.6 Å². The lowest BCUT2D eigenvalue weighted by Crippen LogP contribution is -2.10. The minimum absolute atomic E-state index is 0.142. The Morgan fingerprint density at radius 3 is 2.67 bits per heavy atom. The van der Waals surface area contributed by atoms with Gasteiger partial charge in [0.15, 0.2) is 0 Å². The normalized spacial score (nSPS) is 12.2. The number of rotatable bonds is 7. The molecule has 2 N–H and O–H groups in total. The lowest BCUT2D eigenvalue weighted by Gasteiger charge is -2.13. The van der Waals surface area contributed by atoms with Crippen molar-refractivity contribution in [3.63, 3.8) is 0 Å². The minimum atomic E-state index is 0.142. The zero-order valence-electron chi connectivity index (χ0n) is 13.1. The zero-order chi connectivity index (χ0) is 15.2. The molecule has 0 aliphatic carbocycles. The number of aromatic nitrogens is 3. The first-order valence-corrected chi connectivity index (χ1v) is 8.24. The molecule has 5 nitrogen and oxygen atoms in total. The van der Waals surface area contributed by atoms with Gasteiger partial charge in [-0.3, -0.25) is 0 Å². The van der Waals surface area contributed by atoms with Crippen LogP contribution in [0.2, 0.25) is 0 Å². The molecule has 2 aromatic heterocycles. The molecular formula is C15H23N5S. The highest BCUT2D eigenvalue weighted by Crippen LogP contribution is 2.24. The van der Waals surface area contributed by atoms with E-state index < -0.39 is 0 Å². The largest absolute Gasteiger partial charge is 0.370 e. The van der Waals surface area contributed by atoms with Gasteiger partial charge in [0.05, 0.1) is 6.04 Å². The van der Waals surface area contributed by atoms with Crippen LogP contribution in [0.3, 0.4) is 0 Å². The second-order valence-corrected chi connectivity index (χ2v) is 6.14. The van der Waals surface area contributed by atoms with Crippen LogP contribution in [0, 0.1) is 6.92 Å². The third kappa shape index (κ3) is 4.39. The van der Waals surface area contributed by atoms with Crippen molar-refractivity contribution >= 4 is 23.0 Å².